The first-order chi connectivity index (χ1) is 14.2. The van der Waals surface area contributed by atoms with Crippen LogP contribution in [0.1, 0.15) is 28.9 Å². The molecule has 1 aliphatic rings. The number of amides is 1. The van der Waals surface area contributed by atoms with Gasteiger partial charge in [-0.15, -0.1) is 13.2 Å². The Morgan fingerprint density at radius 1 is 1.07 bits per heavy atom. The van der Waals surface area contributed by atoms with Crippen LogP contribution < -0.4 is 15.6 Å². The maximum atomic E-state index is 12.8. The normalized spacial score (nSPS) is 14.8. The van der Waals surface area contributed by atoms with Crippen LogP contribution >= 0.6 is 0 Å². The number of ether oxygens (including phenoxy) is 1. The Bertz CT molecular complexity index is 1120. The molecule has 9 heteroatoms. The highest BCUT2D eigenvalue weighted by Crippen LogP contribution is 2.46. The van der Waals surface area contributed by atoms with Crippen molar-refractivity contribution in [2.75, 3.05) is 0 Å². The molecule has 1 heterocycles. The molecule has 1 aromatic heterocycles. The monoisotopic (exact) mass is 415 g/mol. The molecule has 6 nitrogen and oxygen atoms in total. The fraction of sp³-hybridized carbons (Fsp3) is 0.190. The number of benzene rings is 2. The third kappa shape index (κ3) is 4.35. The maximum absolute atomic E-state index is 12.8. The van der Waals surface area contributed by atoms with Crippen LogP contribution in [0.3, 0.4) is 0 Å². The zero-order valence-electron chi connectivity index (χ0n) is 15.5. The summed E-state index contributed by atoms with van der Waals surface area (Å²) in [6.07, 6.45) is -3.53. The van der Waals surface area contributed by atoms with Crippen LogP contribution in [0.25, 0.3) is 11.4 Å². The number of halogens is 3. The van der Waals surface area contributed by atoms with Crippen molar-refractivity contribution in [2.24, 2.45) is 0 Å². The van der Waals surface area contributed by atoms with E-state index in [1.807, 2.05) is 6.07 Å². The topological polar surface area (TPSA) is 84.1 Å². The summed E-state index contributed by atoms with van der Waals surface area (Å²) in [6.45, 7) is 0. The molecule has 1 amide bonds. The Labute approximate surface area is 168 Å². The molecule has 3 aromatic rings. The number of carbonyl (C=O) groups is 1. The van der Waals surface area contributed by atoms with Gasteiger partial charge in [0.25, 0.3) is 11.5 Å². The molecule has 0 radical (unpaired) electrons. The minimum Gasteiger partial charge on any atom is -0.406 e. The lowest BCUT2D eigenvalue weighted by Gasteiger charge is -2.18. The zero-order chi connectivity index (χ0) is 21.4. The molecule has 1 saturated carbocycles. The van der Waals surface area contributed by atoms with Gasteiger partial charge in [-0.1, -0.05) is 42.5 Å². The molecule has 1 aliphatic carbocycles. The number of nitrogens with zero attached hydrogens (tertiary/aromatic N) is 1. The summed E-state index contributed by atoms with van der Waals surface area (Å²) in [5, 5.41) is 2.86. The Morgan fingerprint density at radius 2 is 1.73 bits per heavy atom. The Morgan fingerprint density at radius 3 is 2.33 bits per heavy atom. The smallest absolute Gasteiger partial charge is 0.406 e. The van der Waals surface area contributed by atoms with E-state index < -0.39 is 23.4 Å². The standard InChI is InChI=1S/C21H16F3N3O3/c22-21(23,24)30-15-8-6-14(7-9-15)20(10-11-20)27-19(29)16-12-17(28)26-18(25-16)13-4-2-1-3-5-13/h1-9,12H,10-11H2,(H,27,29)(H,25,26,28). The summed E-state index contributed by atoms with van der Waals surface area (Å²) < 4.78 is 40.8. The van der Waals surface area contributed by atoms with Gasteiger partial charge in [0.05, 0.1) is 5.54 Å². The van der Waals surface area contributed by atoms with Crippen molar-refractivity contribution in [1.82, 2.24) is 15.3 Å². The van der Waals surface area contributed by atoms with Gasteiger partial charge in [0.1, 0.15) is 17.3 Å². The van der Waals surface area contributed by atoms with Gasteiger partial charge in [-0.05, 0) is 30.5 Å². The lowest BCUT2D eigenvalue weighted by molar-refractivity contribution is -0.274. The SMILES string of the molecule is O=C(NC1(c2ccc(OC(F)(F)F)cc2)CC1)c1cc(=O)[nH]c(-c2ccccc2)n1. The Hall–Kier alpha value is -3.62. The maximum Gasteiger partial charge on any atom is 0.573 e. The number of aromatic amines is 1. The number of carbonyl (C=O) groups excluding carboxylic acids is 1. The van der Waals surface area contributed by atoms with Crippen molar-refractivity contribution in [3.8, 4) is 17.1 Å². The number of aromatic nitrogens is 2. The highest BCUT2D eigenvalue weighted by atomic mass is 19.4. The van der Waals surface area contributed by atoms with Gasteiger partial charge in [0.15, 0.2) is 0 Å². The highest BCUT2D eigenvalue weighted by Gasteiger charge is 2.46. The van der Waals surface area contributed by atoms with Crippen LogP contribution in [-0.4, -0.2) is 22.2 Å². The van der Waals surface area contributed by atoms with Gasteiger partial charge in [-0.25, -0.2) is 4.98 Å². The van der Waals surface area contributed by atoms with Crippen molar-refractivity contribution < 1.29 is 22.7 Å². The summed E-state index contributed by atoms with van der Waals surface area (Å²) in [5.74, 6) is -0.602. The molecule has 0 atom stereocenters. The quantitative estimate of drug-likeness (QED) is 0.665. The van der Waals surface area contributed by atoms with Crippen molar-refractivity contribution in [2.45, 2.75) is 24.7 Å². The summed E-state index contributed by atoms with van der Waals surface area (Å²) in [5.41, 5.74) is 0.0999. The predicted octanol–water partition coefficient (Wildman–Crippen LogP) is 3.75. The molecule has 0 bridgehead atoms. The molecule has 0 aliphatic heterocycles. The molecule has 1 fully saturated rings. The number of nitrogens with one attached hydrogen (secondary N) is 2. The van der Waals surface area contributed by atoms with E-state index in [4.69, 9.17) is 0 Å². The van der Waals surface area contributed by atoms with Crippen molar-refractivity contribution >= 4 is 5.91 Å². The van der Waals surface area contributed by atoms with E-state index in [9.17, 15) is 22.8 Å². The largest absolute Gasteiger partial charge is 0.573 e. The van der Waals surface area contributed by atoms with Crippen molar-refractivity contribution in [3.63, 3.8) is 0 Å². The molecule has 154 valence electrons. The number of alkyl halides is 3. The van der Waals surface area contributed by atoms with Crippen LogP contribution in [0.15, 0.2) is 65.5 Å². The van der Waals surface area contributed by atoms with Gasteiger partial charge >= 0.3 is 6.36 Å². The second kappa shape index (κ2) is 7.33. The molecule has 0 saturated heterocycles. The van der Waals surface area contributed by atoms with Crippen molar-refractivity contribution in [1.29, 1.82) is 0 Å². The lowest BCUT2D eigenvalue weighted by Crippen LogP contribution is -2.36. The average molecular weight is 415 g/mol. The number of hydrogen-bond acceptors (Lipinski definition) is 4. The van der Waals surface area contributed by atoms with Crippen LogP contribution in [0.2, 0.25) is 0 Å². The molecule has 4 rings (SSSR count). The third-order valence-electron chi connectivity index (χ3n) is 4.76. The second-order valence-electron chi connectivity index (χ2n) is 6.95. The summed E-state index contributed by atoms with van der Waals surface area (Å²) in [6, 6.07) is 15.4. The average Bonchev–Trinajstić information content (AvgIpc) is 3.48. The molecule has 30 heavy (non-hydrogen) atoms. The van der Waals surface area contributed by atoms with E-state index in [2.05, 4.69) is 20.0 Å². The predicted molar refractivity (Wildman–Crippen MR) is 102 cm³/mol. The van der Waals surface area contributed by atoms with E-state index in [1.165, 1.54) is 24.3 Å². The number of hydrogen-bond donors (Lipinski definition) is 2. The van der Waals surface area contributed by atoms with Crippen LogP contribution in [0, 0.1) is 0 Å². The van der Waals surface area contributed by atoms with Crippen LogP contribution in [0.4, 0.5) is 13.2 Å². The molecule has 2 aromatic carbocycles. The summed E-state index contributed by atoms with van der Waals surface area (Å²) in [4.78, 5) is 31.6. The third-order valence-corrected chi connectivity index (χ3v) is 4.76. The lowest BCUT2D eigenvalue weighted by atomic mass is 10.0. The highest BCUT2D eigenvalue weighted by molar-refractivity contribution is 5.93. The summed E-state index contributed by atoms with van der Waals surface area (Å²) in [7, 11) is 0. The zero-order valence-corrected chi connectivity index (χ0v) is 15.5. The first-order valence-electron chi connectivity index (χ1n) is 9.10. The fourth-order valence-corrected chi connectivity index (χ4v) is 3.17. The van der Waals surface area contributed by atoms with E-state index in [1.54, 1.807) is 24.3 Å². The number of rotatable bonds is 5. The minimum atomic E-state index is -4.77. The van der Waals surface area contributed by atoms with Crippen LogP contribution in [-0.2, 0) is 5.54 Å². The van der Waals surface area contributed by atoms with Gasteiger partial charge in [0, 0.05) is 11.6 Å². The van der Waals surface area contributed by atoms with E-state index >= 15 is 0 Å². The first kappa shape index (κ1) is 19.7. The van der Waals surface area contributed by atoms with E-state index in [-0.39, 0.29) is 17.3 Å². The van der Waals surface area contributed by atoms with Crippen molar-refractivity contribution in [3.05, 3.63) is 82.3 Å². The van der Waals surface area contributed by atoms with E-state index in [0.29, 0.717) is 24.0 Å². The molecule has 2 N–H and O–H groups in total. The number of H-pyrrole nitrogens is 1. The Kier molecular flexibility index (Phi) is 4.81. The van der Waals surface area contributed by atoms with Gasteiger partial charge in [0.2, 0.25) is 0 Å². The first-order valence-corrected chi connectivity index (χ1v) is 9.10. The second-order valence-corrected chi connectivity index (χ2v) is 6.95. The Balaban J connectivity index is 1.54. The molecular weight excluding hydrogens is 399 g/mol. The summed E-state index contributed by atoms with van der Waals surface area (Å²) >= 11 is 0. The van der Waals surface area contributed by atoms with Gasteiger partial charge in [-0.2, -0.15) is 0 Å². The minimum absolute atomic E-state index is 0.0408. The molecule has 0 unspecified atom stereocenters. The van der Waals surface area contributed by atoms with E-state index in [0.717, 1.165) is 6.07 Å². The van der Waals surface area contributed by atoms with Gasteiger partial charge in [-0.3, -0.25) is 9.59 Å². The molecular formula is C21H16F3N3O3. The molecule has 0 spiro atoms. The van der Waals surface area contributed by atoms with Gasteiger partial charge < -0.3 is 15.0 Å². The van der Waals surface area contributed by atoms with Crippen LogP contribution in [0.5, 0.6) is 5.75 Å². The fourth-order valence-electron chi connectivity index (χ4n) is 3.17.